The van der Waals surface area contributed by atoms with Gasteiger partial charge in [0.05, 0.1) is 11.2 Å². The molecule has 32 heavy (non-hydrogen) atoms. The lowest BCUT2D eigenvalue weighted by Crippen LogP contribution is -2.45. The topological polar surface area (TPSA) is 73.4 Å². The van der Waals surface area contributed by atoms with Crippen LogP contribution in [0, 0.1) is 0 Å². The number of nitrogens with one attached hydrogen (secondary N) is 2. The second-order valence-corrected chi connectivity index (χ2v) is 8.02. The van der Waals surface area contributed by atoms with Crippen molar-refractivity contribution in [3.8, 4) is 11.3 Å². The number of benzene rings is 1. The second-order valence-electron chi connectivity index (χ2n) is 8.02. The third kappa shape index (κ3) is 5.06. The molecule has 2 N–H and O–H groups in total. The number of rotatable bonds is 8. The maximum atomic E-state index is 12.6. The molecule has 0 unspecified atom stereocenters. The van der Waals surface area contributed by atoms with Crippen LogP contribution in [0.25, 0.3) is 22.2 Å². The van der Waals surface area contributed by atoms with Crippen molar-refractivity contribution in [3.63, 3.8) is 0 Å². The van der Waals surface area contributed by atoms with Gasteiger partial charge >= 0.3 is 0 Å². The number of carbonyl (C=O) groups is 1. The number of piperazine rings is 1. The standard InChI is InChI=1S/C25H32N6O/c1-3-31(4-2)25(32)20-7-5-19(6-8-20)23-17-24(21-18-27-10-9-22(21)29-23)28-13-16-30-14-11-26-12-15-30/h5-10,17-18,26H,3-4,11-16H2,1-2H3,(H,28,29). The van der Waals surface area contributed by atoms with Gasteiger partial charge in [0, 0.05) is 87.0 Å². The van der Waals surface area contributed by atoms with Crippen LogP contribution < -0.4 is 10.6 Å². The normalized spacial score (nSPS) is 14.4. The fourth-order valence-corrected chi connectivity index (χ4v) is 4.12. The molecule has 1 fully saturated rings. The Kier molecular flexibility index (Phi) is 7.29. The lowest BCUT2D eigenvalue weighted by atomic mass is 10.1. The van der Waals surface area contributed by atoms with E-state index in [1.807, 2.05) is 55.3 Å². The highest BCUT2D eigenvalue weighted by atomic mass is 16.2. The van der Waals surface area contributed by atoms with Gasteiger partial charge in [-0.2, -0.15) is 0 Å². The summed E-state index contributed by atoms with van der Waals surface area (Å²) in [5.74, 6) is 0.0642. The molecule has 2 aromatic heterocycles. The smallest absolute Gasteiger partial charge is 0.253 e. The predicted molar refractivity (Wildman–Crippen MR) is 130 cm³/mol. The van der Waals surface area contributed by atoms with Crippen molar-refractivity contribution in [2.75, 3.05) is 57.7 Å². The molecule has 0 spiro atoms. The van der Waals surface area contributed by atoms with Gasteiger partial charge in [0.1, 0.15) is 0 Å². The minimum absolute atomic E-state index is 0.0642. The molecule has 4 rings (SSSR count). The molecule has 0 saturated carbocycles. The molecule has 3 aromatic rings. The first-order valence-corrected chi connectivity index (χ1v) is 11.5. The SMILES string of the molecule is CCN(CC)C(=O)c1ccc(-c2cc(NCCN3CCNCC3)c3cnccc3n2)cc1. The number of carbonyl (C=O) groups excluding carboxylic acids is 1. The van der Waals surface area contributed by atoms with E-state index in [9.17, 15) is 4.79 Å². The van der Waals surface area contributed by atoms with Crippen LogP contribution in [-0.4, -0.2) is 78.0 Å². The zero-order chi connectivity index (χ0) is 22.3. The summed E-state index contributed by atoms with van der Waals surface area (Å²) >= 11 is 0. The Labute approximate surface area is 189 Å². The van der Waals surface area contributed by atoms with E-state index < -0.39 is 0 Å². The largest absolute Gasteiger partial charge is 0.383 e. The summed E-state index contributed by atoms with van der Waals surface area (Å²) in [4.78, 5) is 26.1. The van der Waals surface area contributed by atoms with Gasteiger partial charge in [-0.05, 0) is 38.1 Å². The highest BCUT2D eigenvalue weighted by molar-refractivity contribution is 5.95. The van der Waals surface area contributed by atoms with Crippen molar-refractivity contribution in [3.05, 3.63) is 54.4 Å². The fraction of sp³-hybridized carbons (Fsp3) is 0.400. The van der Waals surface area contributed by atoms with E-state index in [1.54, 1.807) is 6.20 Å². The van der Waals surface area contributed by atoms with Crippen LogP contribution in [0.5, 0.6) is 0 Å². The number of aromatic nitrogens is 2. The number of hydrogen-bond donors (Lipinski definition) is 2. The highest BCUT2D eigenvalue weighted by Crippen LogP contribution is 2.28. The van der Waals surface area contributed by atoms with Crippen molar-refractivity contribution in [2.45, 2.75) is 13.8 Å². The van der Waals surface area contributed by atoms with Crippen LogP contribution >= 0.6 is 0 Å². The molecule has 1 aliphatic heterocycles. The molecule has 1 saturated heterocycles. The monoisotopic (exact) mass is 432 g/mol. The number of amides is 1. The van der Waals surface area contributed by atoms with Crippen molar-refractivity contribution in [2.24, 2.45) is 0 Å². The minimum atomic E-state index is 0.0642. The number of hydrogen-bond acceptors (Lipinski definition) is 6. The fourth-order valence-electron chi connectivity index (χ4n) is 4.12. The van der Waals surface area contributed by atoms with Gasteiger partial charge in [-0.15, -0.1) is 0 Å². The predicted octanol–water partition coefficient (Wildman–Crippen LogP) is 3.10. The first-order valence-electron chi connectivity index (χ1n) is 11.5. The summed E-state index contributed by atoms with van der Waals surface area (Å²) in [7, 11) is 0. The zero-order valence-electron chi connectivity index (χ0n) is 19.0. The summed E-state index contributed by atoms with van der Waals surface area (Å²) < 4.78 is 0. The molecule has 0 radical (unpaired) electrons. The average Bonchev–Trinajstić information content (AvgIpc) is 2.85. The Morgan fingerprint density at radius 3 is 2.59 bits per heavy atom. The molecule has 1 amide bonds. The number of nitrogens with zero attached hydrogens (tertiary/aromatic N) is 4. The van der Waals surface area contributed by atoms with E-state index in [0.717, 1.165) is 67.1 Å². The molecule has 7 nitrogen and oxygen atoms in total. The number of anilines is 1. The molecule has 0 bridgehead atoms. The molecular weight excluding hydrogens is 400 g/mol. The van der Waals surface area contributed by atoms with E-state index >= 15 is 0 Å². The van der Waals surface area contributed by atoms with Crippen LogP contribution in [0.3, 0.4) is 0 Å². The van der Waals surface area contributed by atoms with Gasteiger partial charge in [-0.25, -0.2) is 4.98 Å². The van der Waals surface area contributed by atoms with Crippen LogP contribution in [0.2, 0.25) is 0 Å². The molecular formula is C25H32N6O. The lowest BCUT2D eigenvalue weighted by Gasteiger charge is -2.27. The third-order valence-electron chi connectivity index (χ3n) is 6.04. The summed E-state index contributed by atoms with van der Waals surface area (Å²) in [5, 5.41) is 8.01. The summed E-state index contributed by atoms with van der Waals surface area (Å²) in [5.41, 5.74) is 4.53. The Morgan fingerprint density at radius 1 is 1.12 bits per heavy atom. The number of pyridine rings is 2. The Hall–Kier alpha value is -3.03. The maximum Gasteiger partial charge on any atom is 0.253 e. The van der Waals surface area contributed by atoms with E-state index in [4.69, 9.17) is 4.98 Å². The zero-order valence-corrected chi connectivity index (χ0v) is 19.0. The van der Waals surface area contributed by atoms with E-state index in [1.165, 1.54) is 0 Å². The molecule has 168 valence electrons. The van der Waals surface area contributed by atoms with E-state index in [2.05, 4.69) is 26.6 Å². The summed E-state index contributed by atoms with van der Waals surface area (Å²) in [6.07, 6.45) is 3.64. The van der Waals surface area contributed by atoms with Gasteiger partial charge in [0.25, 0.3) is 5.91 Å². The molecule has 3 heterocycles. The lowest BCUT2D eigenvalue weighted by molar-refractivity contribution is 0.0773. The van der Waals surface area contributed by atoms with Crippen LogP contribution in [0.1, 0.15) is 24.2 Å². The van der Waals surface area contributed by atoms with Crippen LogP contribution in [-0.2, 0) is 0 Å². The molecule has 1 aliphatic rings. The maximum absolute atomic E-state index is 12.6. The first kappa shape index (κ1) is 22.2. The van der Waals surface area contributed by atoms with Crippen molar-refractivity contribution in [1.29, 1.82) is 0 Å². The summed E-state index contributed by atoms with van der Waals surface area (Å²) in [6, 6.07) is 11.8. The highest BCUT2D eigenvalue weighted by Gasteiger charge is 2.14. The Balaban J connectivity index is 1.55. The third-order valence-corrected chi connectivity index (χ3v) is 6.04. The van der Waals surface area contributed by atoms with Gasteiger partial charge in [0.15, 0.2) is 0 Å². The van der Waals surface area contributed by atoms with Crippen LogP contribution in [0.15, 0.2) is 48.8 Å². The van der Waals surface area contributed by atoms with Crippen molar-refractivity contribution >= 4 is 22.5 Å². The molecule has 0 atom stereocenters. The molecule has 7 heteroatoms. The van der Waals surface area contributed by atoms with Crippen molar-refractivity contribution in [1.82, 2.24) is 25.1 Å². The van der Waals surface area contributed by atoms with E-state index in [-0.39, 0.29) is 5.91 Å². The van der Waals surface area contributed by atoms with Gasteiger partial charge < -0.3 is 15.5 Å². The second kappa shape index (κ2) is 10.5. The Morgan fingerprint density at radius 2 is 1.88 bits per heavy atom. The minimum Gasteiger partial charge on any atom is -0.383 e. The van der Waals surface area contributed by atoms with Crippen LogP contribution in [0.4, 0.5) is 5.69 Å². The van der Waals surface area contributed by atoms with Gasteiger partial charge in [0.2, 0.25) is 0 Å². The van der Waals surface area contributed by atoms with E-state index in [0.29, 0.717) is 18.7 Å². The first-order chi connectivity index (χ1) is 15.7. The average molecular weight is 433 g/mol. The van der Waals surface area contributed by atoms with Crippen molar-refractivity contribution < 1.29 is 4.79 Å². The molecule has 1 aromatic carbocycles. The van der Waals surface area contributed by atoms with Gasteiger partial charge in [-0.1, -0.05) is 12.1 Å². The molecule has 0 aliphatic carbocycles. The summed E-state index contributed by atoms with van der Waals surface area (Å²) in [6.45, 7) is 11.6. The quantitative estimate of drug-likeness (QED) is 0.570. The van der Waals surface area contributed by atoms with Gasteiger partial charge in [-0.3, -0.25) is 14.7 Å². The number of fused-ring (bicyclic) bond motifs is 1. The Bertz CT molecular complexity index is 1040.